The van der Waals surface area contributed by atoms with Gasteiger partial charge in [0.15, 0.2) is 5.17 Å². The van der Waals surface area contributed by atoms with Gasteiger partial charge in [0, 0.05) is 6.54 Å². The SMILES string of the molecule is CCN1C(=O)/C(=C\c2cccc(O)c2)SC1=Nc1ccccc1. The Hall–Kier alpha value is -2.53. The van der Waals surface area contributed by atoms with Crippen molar-refractivity contribution in [2.24, 2.45) is 4.99 Å². The van der Waals surface area contributed by atoms with Crippen LogP contribution >= 0.6 is 11.8 Å². The number of amidine groups is 1. The number of aliphatic imine (C=N–C) groups is 1. The van der Waals surface area contributed by atoms with Gasteiger partial charge in [-0.15, -0.1) is 0 Å². The van der Waals surface area contributed by atoms with Gasteiger partial charge < -0.3 is 5.11 Å². The first kappa shape index (κ1) is 15.4. The highest BCUT2D eigenvalue weighted by molar-refractivity contribution is 8.18. The Labute approximate surface area is 139 Å². The highest BCUT2D eigenvalue weighted by Gasteiger charge is 2.32. The van der Waals surface area contributed by atoms with Crippen molar-refractivity contribution in [3.63, 3.8) is 0 Å². The lowest BCUT2D eigenvalue weighted by Gasteiger charge is -2.11. The van der Waals surface area contributed by atoms with Crippen LogP contribution in [0, 0.1) is 0 Å². The molecule has 1 N–H and O–H groups in total. The lowest BCUT2D eigenvalue weighted by molar-refractivity contribution is -0.122. The van der Waals surface area contributed by atoms with Crippen molar-refractivity contribution in [1.29, 1.82) is 0 Å². The normalized spacial score (nSPS) is 18.1. The topological polar surface area (TPSA) is 52.9 Å². The van der Waals surface area contributed by atoms with Gasteiger partial charge in [0.25, 0.3) is 5.91 Å². The summed E-state index contributed by atoms with van der Waals surface area (Å²) in [5.41, 5.74) is 1.61. The maximum Gasteiger partial charge on any atom is 0.266 e. The number of nitrogens with zero attached hydrogens (tertiary/aromatic N) is 2. The molecule has 1 saturated heterocycles. The van der Waals surface area contributed by atoms with Gasteiger partial charge in [0.1, 0.15) is 5.75 Å². The summed E-state index contributed by atoms with van der Waals surface area (Å²) in [5.74, 6) is 0.121. The second-order valence-corrected chi connectivity index (χ2v) is 5.99. The van der Waals surface area contributed by atoms with Gasteiger partial charge in [-0.1, -0.05) is 30.3 Å². The van der Waals surface area contributed by atoms with Crippen molar-refractivity contribution in [3.05, 3.63) is 65.1 Å². The van der Waals surface area contributed by atoms with E-state index in [-0.39, 0.29) is 11.7 Å². The van der Waals surface area contributed by atoms with Crippen LogP contribution in [-0.4, -0.2) is 27.6 Å². The molecule has 3 rings (SSSR count). The number of benzene rings is 2. The van der Waals surface area contributed by atoms with Crippen molar-refractivity contribution < 1.29 is 9.90 Å². The minimum Gasteiger partial charge on any atom is -0.508 e. The zero-order chi connectivity index (χ0) is 16.2. The van der Waals surface area contributed by atoms with E-state index in [9.17, 15) is 9.90 Å². The minimum atomic E-state index is -0.0597. The molecule has 23 heavy (non-hydrogen) atoms. The molecule has 116 valence electrons. The predicted molar refractivity (Wildman–Crippen MR) is 94.6 cm³/mol. The fourth-order valence-corrected chi connectivity index (χ4v) is 3.31. The molecule has 0 atom stereocenters. The Morgan fingerprint density at radius 3 is 2.65 bits per heavy atom. The molecule has 0 aromatic heterocycles. The van der Waals surface area contributed by atoms with Gasteiger partial charge >= 0.3 is 0 Å². The van der Waals surface area contributed by atoms with E-state index in [0.29, 0.717) is 16.6 Å². The van der Waals surface area contributed by atoms with Crippen LogP contribution in [-0.2, 0) is 4.79 Å². The molecule has 0 bridgehead atoms. The molecular weight excluding hydrogens is 308 g/mol. The number of phenolic OH excluding ortho intramolecular Hbond substituents is 1. The summed E-state index contributed by atoms with van der Waals surface area (Å²) in [4.78, 5) is 19.3. The Morgan fingerprint density at radius 2 is 1.96 bits per heavy atom. The Morgan fingerprint density at radius 1 is 1.17 bits per heavy atom. The van der Waals surface area contributed by atoms with E-state index < -0.39 is 0 Å². The van der Waals surface area contributed by atoms with Crippen LogP contribution in [0.15, 0.2) is 64.5 Å². The van der Waals surface area contributed by atoms with Crippen LogP contribution < -0.4 is 0 Å². The van der Waals surface area contributed by atoms with E-state index in [1.54, 1.807) is 29.2 Å². The third-order valence-corrected chi connectivity index (χ3v) is 4.36. The van der Waals surface area contributed by atoms with Crippen LogP contribution in [0.3, 0.4) is 0 Å². The summed E-state index contributed by atoms with van der Waals surface area (Å²) in [5, 5.41) is 10.2. The first-order valence-electron chi connectivity index (χ1n) is 7.31. The van der Waals surface area contributed by atoms with E-state index in [4.69, 9.17) is 0 Å². The molecule has 0 unspecified atom stereocenters. The average Bonchev–Trinajstić information content (AvgIpc) is 2.83. The fourth-order valence-electron chi connectivity index (χ4n) is 2.25. The number of rotatable bonds is 3. The number of likely N-dealkylation sites (N-methyl/N-ethyl adjacent to an activating group) is 1. The van der Waals surface area contributed by atoms with Gasteiger partial charge in [0.05, 0.1) is 10.6 Å². The zero-order valence-corrected chi connectivity index (χ0v) is 13.5. The van der Waals surface area contributed by atoms with E-state index in [0.717, 1.165) is 11.3 Å². The van der Waals surface area contributed by atoms with Crippen LogP contribution in [0.1, 0.15) is 12.5 Å². The molecule has 0 spiro atoms. The molecule has 5 heteroatoms. The molecule has 0 saturated carbocycles. The summed E-state index contributed by atoms with van der Waals surface area (Å²) in [7, 11) is 0. The number of para-hydroxylation sites is 1. The van der Waals surface area contributed by atoms with Gasteiger partial charge in [-0.3, -0.25) is 9.69 Å². The van der Waals surface area contributed by atoms with Crippen molar-refractivity contribution >= 4 is 34.6 Å². The van der Waals surface area contributed by atoms with E-state index in [1.165, 1.54) is 11.8 Å². The van der Waals surface area contributed by atoms with Gasteiger partial charge in [0.2, 0.25) is 0 Å². The third kappa shape index (κ3) is 3.46. The lowest BCUT2D eigenvalue weighted by Crippen LogP contribution is -2.28. The van der Waals surface area contributed by atoms with Gasteiger partial charge in [-0.25, -0.2) is 4.99 Å². The molecule has 1 amide bonds. The Kier molecular flexibility index (Phi) is 4.48. The van der Waals surface area contributed by atoms with Crippen LogP contribution in [0.4, 0.5) is 5.69 Å². The number of hydrogen-bond acceptors (Lipinski definition) is 4. The highest BCUT2D eigenvalue weighted by atomic mass is 32.2. The monoisotopic (exact) mass is 324 g/mol. The minimum absolute atomic E-state index is 0.0597. The van der Waals surface area contributed by atoms with Crippen LogP contribution in [0.5, 0.6) is 5.75 Å². The van der Waals surface area contributed by atoms with Crippen LogP contribution in [0.25, 0.3) is 6.08 Å². The van der Waals surface area contributed by atoms with Gasteiger partial charge in [-0.2, -0.15) is 0 Å². The number of amides is 1. The molecule has 2 aromatic rings. The Balaban J connectivity index is 1.93. The first-order valence-corrected chi connectivity index (χ1v) is 8.13. The number of hydrogen-bond donors (Lipinski definition) is 1. The Bertz CT molecular complexity index is 785. The molecule has 1 aliphatic rings. The van der Waals surface area contributed by atoms with Gasteiger partial charge in [-0.05, 0) is 54.6 Å². The molecule has 1 heterocycles. The second-order valence-electron chi connectivity index (χ2n) is 4.98. The third-order valence-electron chi connectivity index (χ3n) is 3.35. The number of phenols is 1. The second kappa shape index (κ2) is 6.71. The van der Waals surface area contributed by atoms with Crippen molar-refractivity contribution in [2.75, 3.05) is 6.54 Å². The standard InChI is InChI=1S/C18H16N2O2S/c1-2-20-17(22)16(12-13-7-6-10-15(21)11-13)23-18(20)19-14-8-4-3-5-9-14/h3-12,21H,2H2,1H3/b16-12+,19-18?. The highest BCUT2D eigenvalue weighted by Crippen LogP contribution is 2.34. The van der Waals surface area contributed by atoms with Crippen molar-refractivity contribution in [2.45, 2.75) is 6.92 Å². The molecule has 1 aliphatic heterocycles. The summed E-state index contributed by atoms with van der Waals surface area (Å²) >= 11 is 1.35. The quantitative estimate of drug-likeness (QED) is 0.868. The van der Waals surface area contributed by atoms with E-state index in [1.807, 2.05) is 43.3 Å². The molecular formula is C18H16N2O2S. The van der Waals surface area contributed by atoms with Crippen molar-refractivity contribution in [1.82, 2.24) is 4.90 Å². The number of carbonyl (C=O) groups excluding carboxylic acids is 1. The van der Waals surface area contributed by atoms with Crippen LogP contribution in [0.2, 0.25) is 0 Å². The average molecular weight is 324 g/mol. The number of carbonyl (C=O) groups is 1. The maximum atomic E-state index is 12.5. The van der Waals surface area contributed by atoms with Crippen molar-refractivity contribution in [3.8, 4) is 5.75 Å². The molecule has 1 fully saturated rings. The first-order chi connectivity index (χ1) is 11.2. The number of aromatic hydroxyl groups is 1. The lowest BCUT2D eigenvalue weighted by atomic mass is 10.2. The molecule has 0 radical (unpaired) electrons. The molecule has 0 aliphatic carbocycles. The fraction of sp³-hybridized carbons (Fsp3) is 0.111. The summed E-state index contributed by atoms with van der Waals surface area (Å²) in [6.07, 6.45) is 1.78. The summed E-state index contributed by atoms with van der Waals surface area (Å²) in [6.45, 7) is 2.49. The largest absolute Gasteiger partial charge is 0.508 e. The van der Waals surface area contributed by atoms with E-state index >= 15 is 0 Å². The maximum absolute atomic E-state index is 12.5. The van der Waals surface area contributed by atoms with E-state index in [2.05, 4.69) is 4.99 Å². The molecule has 4 nitrogen and oxygen atoms in total. The smallest absolute Gasteiger partial charge is 0.266 e. The summed E-state index contributed by atoms with van der Waals surface area (Å²) < 4.78 is 0. The molecule has 2 aromatic carbocycles. The zero-order valence-electron chi connectivity index (χ0n) is 12.6. The summed E-state index contributed by atoms with van der Waals surface area (Å²) in [6, 6.07) is 16.4. The number of thioether (sulfide) groups is 1. The predicted octanol–water partition coefficient (Wildman–Crippen LogP) is 4.02.